The molecule has 2 aromatic rings. The fourth-order valence-corrected chi connectivity index (χ4v) is 5.22. The smallest absolute Gasteiger partial charge is 0.274 e. The van der Waals surface area contributed by atoms with E-state index in [0.717, 1.165) is 31.5 Å². The molecule has 1 saturated heterocycles. The second-order valence-corrected chi connectivity index (χ2v) is 12.4. The van der Waals surface area contributed by atoms with Gasteiger partial charge < -0.3 is 29.9 Å². The van der Waals surface area contributed by atoms with Gasteiger partial charge in [-0.1, -0.05) is 56.3 Å². The number of nitrogens with one attached hydrogen (secondary N) is 3. The van der Waals surface area contributed by atoms with Gasteiger partial charge in [0.05, 0.1) is 32.4 Å². The Kier molecular flexibility index (Phi) is 11.7. The van der Waals surface area contributed by atoms with E-state index < -0.39 is 41.3 Å². The van der Waals surface area contributed by atoms with E-state index in [-0.39, 0.29) is 30.4 Å². The number of ether oxygens (including phenoxy) is 2. The lowest BCUT2D eigenvalue weighted by atomic mass is 9.91. The maximum Gasteiger partial charge on any atom is 0.274 e. The summed E-state index contributed by atoms with van der Waals surface area (Å²) in [6, 6.07) is 8.08. The molecular formula is C32H45N5O7. The maximum atomic E-state index is 13.7. The SMILES string of the molecule is COC[C@H](NC(=O)c1cc(CN2CCOCC2)on1)C(=O)N[C@@H](Cc1ccccc1)C(=O)N[C@@H](CC(C)C)C(=O)C1(C)CC1. The maximum absolute atomic E-state index is 13.7. The predicted octanol–water partition coefficient (Wildman–Crippen LogP) is 1.88. The van der Waals surface area contributed by atoms with Crippen molar-refractivity contribution < 1.29 is 33.2 Å². The highest BCUT2D eigenvalue weighted by Gasteiger charge is 2.48. The number of hydrogen-bond donors (Lipinski definition) is 3. The van der Waals surface area contributed by atoms with Gasteiger partial charge in [0.1, 0.15) is 12.1 Å². The Morgan fingerprint density at radius 2 is 1.64 bits per heavy atom. The van der Waals surface area contributed by atoms with Crippen molar-refractivity contribution in [1.82, 2.24) is 26.0 Å². The van der Waals surface area contributed by atoms with Crippen molar-refractivity contribution in [3.8, 4) is 0 Å². The van der Waals surface area contributed by atoms with Gasteiger partial charge in [0.2, 0.25) is 11.8 Å². The van der Waals surface area contributed by atoms with Crippen LogP contribution in [0, 0.1) is 11.3 Å². The van der Waals surface area contributed by atoms with Gasteiger partial charge >= 0.3 is 0 Å². The molecule has 2 heterocycles. The zero-order valence-corrected chi connectivity index (χ0v) is 26.1. The summed E-state index contributed by atoms with van der Waals surface area (Å²) in [5.41, 5.74) is 0.447. The number of rotatable bonds is 16. The van der Waals surface area contributed by atoms with Crippen molar-refractivity contribution in [3.63, 3.8) is 0 Å². The van der Waals surface area contributed by atoms with Crippen LogP contribution in [-0.4, -0.2) is 91.7 Å². The molecular weight excluding hydrogens is 566 g/mol. The summed E-state index contributed by atoms with van der Waals surface area (Å²) in [6.07, 6.45) is 2.30. The Balaban J connectivity index is 1.45. The molecule has 12 nitrogen and oxygen atoms in total. The first-order valence-electron chi connectivity index (χ1n) is 15.3. The Hall–Kier alpha value is -3.61. The van der Waals surface area contributed by atoms with E-state index in [2.05, 4.69) is 26.0 Å². The van der Waals surface area contributed by atoms with Crippen molar-refractivity contribution in [3.05, 3.63) is 53.4 Å². The predicted molar refractivity (Wildman–Crippen MR) is 162 cm³/mol. The van der Waals surface area contributed by atoms with Crippen LogP contribution in [0.15, 0.2) is 40.9 Å². The third kappa shape index (κ3) is 9.44. The van der Waals surface area contributed by atoms with Crippen LogP contribution in [0.25, 0.3) is 0 Å². The van der Waals surface area contributed by atoms with E-state index in [9.17, 15) is 19.2 Å². The monoisotopic (exact) mass is 611 g/mol. The van der Waals surface area contributed by atoms with Crippen LogP contribution in [-0.2, 0) is 36.8 Å². The van der Waals surface area contributed by atoms with Crippen LogP contribution in [0.2, 0.25) is 0 Å². The summed E-state index contributed by atoms with van der Waals surface area (Å²) in [7, 11) is 1.41. The normalized spacial score (nSPS) is 18.2. The van der Waals surface area contributed by atoms with Gasteiger partial charge in [-0.3, -0.25) is 24.1 Å². The minimum atomic E-state index is -1.11. The fourth-order valence-electron chi connectivity index (χ4n) is 5.22. The molecule has 4 rings (SSSR count). The van der Waals surface area contributed by atoms with Crippen LogP contribution < -0.4 is 16.0 Å². The Morgan fingerprint density at radius 1 is 0.977 bits per heavy atom. The first kappa shape index (κ1) is 33.3. The summed E-state index contributed by atoms with van der Waals surface area (Å²) in [6.45, 7) is 9.05. The molecule has 2 fully saturated rings. The van der Waals surface area contributed by atoms with E-state index in [1.807, 2.05) is 51.1 Å². The van der Waals surface area contributed by atoms with E-state index in [4.69, 9.17) is 14.0 Å². The third-order valence-electron chi connectivity index (χ3n) is 8.08. The van der Waals surface area contributed by atoms with Crippen molar-refractivity contribution in [2.75, 3.05) is 40.0 Å². The minimum absolute atomic E-state index is 0.0226. The van der Waals surface area contributed by atoms with E-state index >= 15 is 0 Å². The number of Topliss-reactive ketones (excluding diaryl/α,β-unsaturated/α-hetero) is 1. The molecule has 44 heavy (non-hydrogen) atoms. The molecule has 1 aliphatic carbocycles. The number of morpholine rings is 1. The largest absolute Gasteiger partial charge is 0.382 e. The first-order chi connectivity index (χ1) is 21.1. The lowest BCUT2D eigenvalue weighted by Crippen LogP contribution is -2.57. The number of ketones is 1. The molecule has 1 aromatic heterocycles. The van der Waals surface area contributed by atoms with E-state index in [1.54, 1.807) is 6.07 Å². The average molecular weight is 612 g/mol. The number of carbonyl (C=O) groups is 4. The van der Waals surface area contributed by atoms with E-state index in [0.29, 0.717) is 31.9 Å². The molecule has 0 spiro atoms. The molecule has 1 saturated carbocycles. The van der Waals surface area contributed by atoms with Gasteiger partial charge in [0.15, 0.2) is 17.2 Å². The van der Waals surface area contributed by atoms with Gasteiger partial charge in [0.25, 0.3) is 5.91 Å². The Bertz CT molecular complexity index is 1270. The van der Waals surface area contributed by atoms with Gasteiger partial charge in [-0.05, 0) is 30.7 Å². The molecule has 0 radical (unpaired) electrons. The lowest BCUT2D eigenvalue weighted by Gasteiger charge is -2.27. The van der Waals surface area contributed by atoms with Crippen molar-refractivity contribution in [2.24, 2.45) is 11.3 Å². The number of methoxy groups -OCH3 is 1. The van der Waals surface area contributed by atoms with Gasteiger partial charge in [-0.15, -0.1) is 0 Å². The molecule has 3 atom stereocenters. The number of carbonyl (C=O) groups excluding carboxylic acids is 4. The van der Waals surface area contributed by atoms with Gasteiger partial charge in [-0.25, -0.2) is 0 Å². The van der Waals surface area contributed by atoms with Crippen LogP contribution in [0.5, 0.6) is 0 Å². The molecule has 1 aromatic carbocycles. The molecule has 0 bridgehead atoms. The van der Waals surface area contributed by atoms with Gasteiger partial charge in [-0.2, -0.15) is 0 Å². The third-order valence-corrected chi connectivity index (χ3v) is 8.08. The number of benzene rings is 1. The molecule has 3 amide bonds. The Morgan fingerprint density at radius 3 is 2.27 bits per heavy atom. The van der Waals surface area contributed by atoms with Crippen LogP contribution in [0.1, 0.15) is 61.8 Å². The summed E-state index contributed by atoms with van der Waals surface area (Å²) in [4.78, 5) is 55.7. The van der Waals surface area contributed by atoms with Gasteiger partial charge in [0, 0.05) is 38.1 Å². The highest BCUT2D eigenvalue weighted by molar-refractivity contribution is 5.98. The van der Waals surface area contributed by atoms with Crippen LogP contribution >= 0.6 is 0 Å². The standard InChI is InChI=1S/C32H45N5O7/c1-21(2)16-24(28(38)32(3)10-11-32)33-29(39)25(17-22-8-6-5-7-9-22)34-31(41)27(20-42-4)35-30(40)26-18-23(44-36-26)19-37-12-14-43-15-13-37/h5-9,18,21,24-25,27H,10-17,19-20H2,1-4H3,(H,33,39)(H,34,41)(H,35,40)/t24-,25-,27-/m0/s1. The van der Waals surface area contributed by atoms with Crippen LogP contribution in [0.3, 0.4) is 0 Å². The lowest BCUT2D eigenvalue weighted by molar-refractivity contribution is -0.133. The summed E-state index contributed by atoms with van der Waals surface area (Å²) < 4.78 is 16.0. The minimum Gasteiger partial charge on any atom is -0.382 e. The number of aromatic nitrogens is 1. The zero-order chi connectivity index (χ0) is 31.7. The quantitative estimate of drug-likeness (QED) is 0.258. The van der Waals surface area contributed by atoms with Crippen molar-refractivity contribution >= 4 is 23.5 Å². The van der Waals surface area contributed by atoms with Crippen molar-refractivity contribution in [1.29, 1.82) is 0 Å². The molecule has 2 aliphatic rings. The second-order valence-electron chi connectivity index (χ2n) is 12.4. The van der Waals surface area contributed by atoms with Crippen molar-refractivity contribution in [2.45, 2.75) is 71.1 Å². The molecule has 3 N–H and O–H groups in total. The first-order valence-corrected chi connectivity index (χ1v) is 15.3. The number of hydrogen-bond acceptors (Lipinski definition) is 9. The topological polar surface area (TPSA) is 152 Å². The molecule has 240 valence electrons. The highest BCUT2D eigenvalue weighted by Crippen LogP contribution is 2.47. The zero-order valence-electron chi connectivity index (χ0n) is 26.1. The molecule has 0 unspecified atom stereocenters. The van der Waals surface area contributed by atoms with E-state index in [1.165, 1.54) is 7.11 Å². The average Bonchev–Trinajstić information content (AvgIpc) is 3.59. The fraction of sp³-hybridized carbons (Fsp3) is 0.594. The highest BCUT2D eigenvalue weighted by atomic mass is 16.5. The van der Waals surface area contributed by atoms with Crippen LogP contribution in [0.4, 0.5) is 0 Å². The summed E-state index contributed by atoms with van der Waals surface area (Å²) in [5.74, 6) is -0.944. The number of amides is 3. The number of nitrogens with zero attached hydrogens (tertiary/aromatic N) is 2. The molecule has 12 heteroatoms. The second kappa shape index (κ2) is 15.4. The Labute approximate surface area is 258 Å². The summed E-state index contributed by atoms with van der Waals surface area (Å²) >= 11 is 0. The molecule has 1 aliphatic heterocycles. The summed E-state index contributed by atoms with van der Waals surface area (Å²) in [5, 5.41) is 12.3.